The van der Waals surface area contributed by atoms with Gasteiger partial charge in [-0.1, -0.05) is 0 Å². The van der Waals surface area contributed by atoms with Crippen LogP contribution < -0.4 is 10.3 Å². The molecule has 0 fully saturated rings. The number of benzene rings is 1. The molecule has 29 heavy (non-hydrogen) atoms. The molecule has 2 heterocycles. The largest absolute Gasteiger partial charge is 0.485 e. The lowest BCUT2D eigenvalue weighted by molar-refractivity contribution is -0.137. The Balaban J connectivity index is 2.07. The van der Waals surface area contributed by atoms with Crippen molar-refractivity contribution in [2.75, 3.05) is 6.61 Å². The van der Waals surface area contributed by atoms with E-state index < -0.39 is 35.0 Å². The second-order valence-corrected chi connectivity index (χ2v) is 7.81. The molecule has 0 aliphatic carbocycles. The van der Waals surface area contributed by atoms with Crippen LogP contribution in [-0.4, -0.2) is 33.1 Å². The van der Waals surface area contributed by atoms with Gasteiger partial charge in [-0.2, -0.15) is 13.2 Å². The summed E-state index contributed by atoms with van der Waals surface area (Å²) < 4.78 is 46.7. The summed E-state index contributed by atoms with van der Waals surface area (Å²) in [6.07, 6.45) is -2.37. The van der Waals surface area contributed by atoms with Gasteiger partial charge in [0.25, 0.3) is 5.56 Å². The Morgan fingerprint density at radius 1 is 1.17 bits per heavy atom. The summed E-state index contributed by atoms with van der Waals surface area (Å²) in [6, 6.07) is 5.19. The minimum Gasteiger partial charge on any atom is -0.485 e. The highest BCUT2D eigenvalue weighted by Gasteiger charge is 2.45. The highest BCUT2D eigenvalue weighted by molar-refractivity contribution is 5.44. The van der Waals surface area contributed by atoms with E-state index in [1.54, 1.807) is 19.9 Å². The fourth-order valence-electron chi connectivity index (χ4n) is 3.60. The molecule has 2 atom stereocenters. The maximum atomic E-state index is 13.2. The smallest absolute Gasteiger partial charge is 0.416 e. The molecule has 0 amide bonds. The topological polar surface area (TPSA) is 71.7 Å². The van der Waals surface area contributed by atoms with Gasteiger partial charge in [0, 0.05) is 24.4 Å². The number of ether oxygens (including phenoxy) is 1. The van der Waals surface area contributed by atoms with Gasteiger partial charge < -0.3 is 19.5 Å². The fourth-order valence-corrected chi connectivity index (χ4v) is 3.60. The molecule has 5 nitrogen and oxygen atoms in total. The van der Waals surface area contributed by atoms with E-state index in [0.717, 1.165) is 17.7 Å². The standard InChI is InChI=1S/C21H24F3NO4/c1-20(2)19(28)18(15-12-14(21(22,23)24)6-7-16(15)29-20)25-9-8-13(11-17(25)27)5-3-4-10-26/h6-9,11-12,18-19,26,28H,3-5,10H2,1-2H3/t18-,19+/m1/s1. The van der Waals surface area contributed by atoms with Gasteiger partial charge in [-0.3, -0.25) is 4.79 Å². The number of pyridine rings is 1. The third-order valence-corrected chi connectivity index (χ3v) is 5.23. The molecule has 3 rings (SSSR count). The Bertz CT molecular complexity index is 936. The van der Waals surface area contributed by atoms with Gasteiger partial charge in [-0.25, -0.2) is 0 Å². The zero-order chi connectivity index (χ0) is 21.4. The zero-order valence-electron chi connectivity index (χ0n) is 16.2. The quantitative estimate of drug-likeness (QED) is 0.741. The molecule has 8 heteroatoms. The number of hydrogen-bond acceptors (Lipinski definition) is 4. The molecule has 0 saturated heterocycles. The molecule has 1 aliphatic rings. The highest BCUT2D eigenvalue weighted by atomic mass is 19.4. The van der Waals surface area contributed by atoms with E-state index in [0.29, 0.717) is 19.3 Å². The Morgan fingerprint density at radius 2 is 1.90 bits per heavy atom. The van der Waals surface area contributed by atoms with E-state index in [4.69, 9.17) is 9.84 Å². The van der Waals surface area contributed by atoms with Crippen LogP contribution >= 0.6 is 0 Å². The molecule has 0 bridgehead atoms. The molecule has 158 valence electrons. The van der Waals surface area contributed by atoms with E-state index in [9.17, 15) is 23.1 Å². The van der Waals surface area contributed by atoms with Crippen LogP contribution in [0, 0.1) is 0 Å². The fraction of sp³-hybridized carbons (Fsp3) is 0.476. The van der Waals surface area contributed by atoms with Gasteiger partial charge in [0.2, 0.25) is 0 Å². The number of nitrogens with zero attached hydrogens (tertiary/aromatic N) is 1. The molecule has 0 saturated carbocycles. The third-order valence-electron chi connectivity index (χ3n) is 5.23. The van der Waals surface area contributed by atoms with Crippen LogP contribution in [0.15, 0.2) is 41.3 Å². The molecular formula is C21H24F3NO4. The number of unbranched alkanes of at least 4 members (excludes halogenated alkanes) is 1. The van der Waals surface area contributed by atoms with Gasteiger partial charge in [-0.15, -0.1) is 0 Å². The number of aliphatic hydroxyl groups is 2. The second-order valence-electron chi connectivity index (χ2n) is 7.81. The molecule has 2 aromatic rings. The van der Waals surface area contributed by atoms with Crippen LogP contribution in [0.1, 0.15) is 49.4 Å². The predicted octanol–water partition coefficient (Wildman–Crippen LogP) is 3.30. The van der Waals surface area contributed by atoms with Crippen LogP contribution in [0.4, 0.5) is 13.2 Å². The van der Waals surface area contributed by atoms with E-state index in [1.165, 1.54) is 22.9 Å². The van der Waals surface area contributed by atoms with E-state index in [-0.39, 0.29) is 17.9 Å². The Kier molecular flexibility index (Phi) is 5.78. The van der Waals surface area contributed by atoms with Crippen molar-refractivity contribution < 1.29 is 28.1 Å². The van der Waals surface area contributed by atoms with Gasteiger partial charge in [0.05, 0.1) is 11.6 Å². The number of aryl methyl sites for hydroxylation is 1. The van der Waals surface area contributed by atoms with Crippen molar-refractivity contribution in [3.05, 3.63) is 63.6 Å². The van der Waals surface area contributed by atoms with Crippen LogP contribution in [0.5, 0.6) is 5.75 Å². The van der Waals surface area contributed by atoms with Crippen molar-refractivity contribution in [2.24, 2.45) is 0 Å². The SMILES string of the molecule is CC1(C)Oc2ccc(C(F)(F)F)cc2[C@@H](n2ccc(CCCCO)cc2=O)[C@@H]1O. The maximum Gasteiger partial charge on any atom is 0.416 e. The summed E-state index contributed by atoms with van der Waals surface area (Å²) in [6.45, 7) is 3.32. The summed E-state index contributed by atoms with van der Waals surface area (Å²) in [5, 5.41) is 19.7. The lowest BCUT2D eigenvalue weighted by atomic mass is 9.85. The summed E-state index contributed by atoms with van der Waals surface area (Å²) in [5.74, 6) is 0.206. The Morgan fingerprint density at radius 3 is 2.52 bits per heavy atom. The number of rotatable bonds is 5. The number of fused-ring (bicyclic) bond motifs is 1. The van der Waals surface area contributed by atoms with Crippen molar-refractivity contribution in [3.8, 4) is 5.75 Å². The first-order valence-corrected chi connectivity index (χ1v) is 9.45. The first kappa shape index (κ1) is 21.4. The number of hydrogen-bond donors (Lipinski definition) is 2. The summed E-state index contributed by atoms with van der Waals surface area (Å²) in [5.41, 5.74) is -1.51. The van der Waals surface area contributed by atoms with Crippen molar-refractivity contribution in [2.45, 2.75) is 57.0 Å². The van der Waals surface area contributed by atoms with Crippen molar-refractivity contribution in [3.63, 3.8) is 0 Å². The van der Waals surface area contributed by atoms with Crippen molar-refractivity contribution >= 4 is 0 Å². The summed E-state index contributed by atoms with van der Waals surface area (Å²) >= 11 is 0. The normalized spacial score (nSPS) is 20.8. The van der Waals surface area contributed by atoms with Gasteiger partial charge >= 0.3 is 6.18 Å². The highest BCUT2D eigenvalue weighted by Crippen LogP contribution is 2.43. The first-order valence-electron chi connectivity index (χ1n) is 9.45. The number of aromatic nitrogens is 1. The van der Waals surface area contributed by atoms with E-state index >= 15 is 0 Å². The van der Waals surface area contributed by atoms with Gasteiger partial charge in [0.1, 0.15) is 17.5 Å². The first-order chi connectivity index (χ1) is 13.5. The summed E-state index contributed by atoms with van der Waals surface area (Å²) in [4.78, 5) is 12.8. The molecule has 0 radical (unpaired) electrons. The minimum absolute atomic E-state index is 0.0682. The zero-order valence-corrected chi connectivity index (χ0v) is 16.2. The molecule has 1 aliphatic heterocycles. The van der Waals surface area contributed by atoms with Crippen LogP contribution in [0.3, 0.4) is 0 Å². The molecule has 0 unspecified atom stereocenters. The molecule has 1 aromatic carbocycles. The Labute approximate surface area is 166 Å². The number of halogens is 3. The predicted molar refractivity (Wildman–Crippen MR) is 101 cm³/mol. The van der Waals surface area contributed by atoms with E-state index in [2.05, 4.69) is 0 Å². The van der Waals surface area contributed by atoms with Crippen molar-refractivity contribution in [1.82, 2.24) is 4.57 Å². The lowest BCUT2D eigenvalue weighted by Crippen LogP contribution is -2.52. The lowest BCUT2D eigenvalue weighted by Gasteiger charge is -2.42. The van der Waals surface area contributed by atoms with Crippen molar-refractivity contribution in [1.29, 1.82) is 0 Å². The molecule has 0 spiro atoms. The second kappa shape index (κ2) is 7.84. The third kappa shape index (κ3) is 4.33. The molecule has 1 aromatic heterocycles. The van der Waals surface area contributed by atoms with Gasteiger partial charge in [0.15, 0.2) is 0 Å². The van der Waals surface area contributed by atoms with Crippen LogP contribution in [-0.2, 0) is 12.6 Å². The maximum absolute atomic E-state index is 13.2. The van der Waals surface area contributed by atoms with E-state index in [1.807, 2.05) is 0 Å². The average molecular weight is 411 g/mol. The average Bonchev–Trinajstić information content (AvgIpc) is 2.63. The molecular weight excluding hydrogens is 387 g/mol. The van der Waals surface area contributed by atoms with Crippen LogP contribution in [0.2, 0.25) is 0 Å². The summed E-state index contributed by atoms with van der Waals surface area (Å²) in [7, 11) is 0. The monoisotopic (exact) mass is 411 g/mol. The number of alkyl halides is 3. The molecule has 2 N–H and O–H groups in total. The number of aliphatic hydroxyl groups excluding tert-OH is 2. The minimum atomic E-state index is -4.56. The van der Waals surface area contributed by atoms with Crippen LogP contribution in [0.25, 0.3) is 0 Å². The van der Waals surface area contributed by atoms with Gasteiger partial charge in [-0.05, 0) is 62.9 Å². The Hall–Kier alpha value is -2.32.